The van der Waals surface area contributed by atoms with Gasteiger partial charge >= 0.3 is 0 Å². The average Bonchev–Trinajstić information content (AvgIpc) is 2.47. The molecule has 1 aliphatic heterocycles. The molecule has 0 aliphatic carbocycles. The molecule has 1 aromatic rings. The van der Waals surface area contributed by atoms with Crippen LogP contribution in [0.15, 0.2) is 24.3 Å². The zero-order chi connectivity index (χ0) is 15.5. The minimum atomic E-state index is -0.237. The molecule has 1 unspecified atom stereocenters. The molecule has 1 aromatic carbocycles. The molecule has 2 rings (SSSR count). The number of morpholine rings is 1. The first-order valence-corrected chi connectivity index (χ1v) is 7.09. The van der Waals surface area contributed by atoms with Crippen molar-refractivity contribution >= 4 is 11.6 Å². The summed E-state index contributed by atoms with van der Waals surface area (Å²) in [5, 5.41) is 11.7. The molecule has 1 fully saturated rings. The fraction of sp³-hybridized carbons (Fsp3) is 0.500. The number of hydrogen-bond acceptors (Lipinski definition) is 4. The highest BCUT2D eigenvalue weighted by molar-refractivity contribution is 5.94. The van der Waals surface area contributed by atoms with Gasteiger partial charge < -0.3 is 10.1 Å². The summed E-state index contributed by atoms with van der Waals surface area (Å²) in [6, 6.07) is 8.70. The lowest BCUT2D eigenvalue weighted by atomic mass is 9.99. The van der Waals surface area contributed by atoms with E-state index < -0.39 is 0 Å². The molecule has 1 atom stereocenters. The lowest BCUT2D eigenvalue weighted by Gasteiger charge is -2.44. The Balaban J connectivity index is 2.03. The maximum Gasteiger partial charge on any atom is 0.241 e. The number of amides is 1. The fourth-order valence-corrected chi connectivity index (χ4v) is 2.60. The molecule has 5 heteroatoms. The van der Waals surface area contributed by atoms with Crippen LogP contribution < -0.4 is 5.32 Å². The number of carbonyl (C=O) groups is 1. The molecular formula is C16H21N3O2. The second-order valence-electron chi connectivity index (χ2n) is 5.91. The highest BCUT2D eigenvalue weighted by Gasteiger charge is 2.36. The molecule has 112 valence electrons. The first kappa shape index (κ1) is 15.5. The van der Waals surface area contributed by atoms with Crippen molar-refractivity contribution in [3.63, 3.8) is 0 Å². The van der Waals surface area contributed by atoms with Gasteiger partial charge in [-0.05, 0) is 45.0 Å². The van der Waals surface area contributed by atoms with E-state index in [1.165, 1.54) is 0 Å². The normalized spacial score (nSPS) is 19.5. The van der Waals surface area contributed by atoms with Crippen LogP contribution in [-0.2, 0) is 9.53 Å². The number of rotatable bonds is 3. The number of anilines is 1. The van der Waals surface area contributed by atoms with E-state index >= 15 is 0 Å². The largest absolute Gasteiger partial charge is 0.378 e. The molecule has 0 spiro atoms. The number of nitrogens with zero attached hydrogens (tertiary/aromatic N) is 2. The lowest BCUT2D eigenvalue weighted by molar-refractivity contribution is -0.129. The highest BCUT2D eigenvalue weighted by Crippen LogP contribution is 2.22. The van der Waals surface area contributed by atoms with Crippen LogP contribution in [0.3, 0.4) is 0 Å². The summed E-state index contributed by atoms with van der Waals surface area (Å²) >= 11 is 0. The smallest absolute Gasteiger partial charge is 0.241 e. The fourth-order valence-electron chi connectivity index (χ4n) is 2.60. The first-order valence-electron chi connectivity index (χ1n) is 7.09. The Hall–Kier alpha value is -1.90. The number of nitrogens with one attached hydrogen (secondary N) is 1. The molecule has 1 saturated heterocycles. The molecule has 0 saturated carbocycles. The Morgan fingerprint density at radius 2 is 2.10 bits per heavy atom. The van der Waals surface area contributed by atoms with E-state index in [4.69, 9.17) is 10.00 Å². The predicted molar refractivity (Wildman–Crippen MR) is 80.9 cm³/mol. The van der Waals surface area contributed by atoms with Gasteiger partial charge in [-0.15, -0.1) is 0 Å². The number of benzene rings is 1. The van der Waals surface area contributed by atoms with Gasteiger partial charge in [-0.3, -0.25) is 9.69 Å². The van der Waals surface area contributed by atoms with Crippen molar-refractivity contribution in [3.8, 4) is 6.07 Å². The Bertz CT molecular complexity index is 546. The summed E-state index contributed by atoms with van der Waals surface area (Å²) < 4.78 is 5.48. The summed E-state index contributed by atoms with van der Waals surface area (Å²) in [4.78, 5) is 14.6. The summed E-state index contributed by atoms with van der Waals surface area (Å²) in [6.45, 7) is 8.09. The molecule has 1 N–H and O–H groups in total. The van der Waals surface area contributed by atoms with Crippen LogP contribution in [0.1, 0.15) is 26.3 Å². The number of ether oxygens (including phenoxy) is 1. The van der Waals surface area contributed by atoms with Crippen LogP contribution in [-0.4, -0.2) is 42.1 Å². The van der Waals surface area contributed by atoms with Crippen LogP contribution in [0.2, 0.25) is 0 Å². The van der Waals surface area contributed by atoms with E-state index in [1.54, 1.807) is 24.3 Å². The topological polar surface area (TPSA) is 65.4 Å². The second-order valence-corrected chi connectivity index (χ2v) is 5.91. The van der Waals surface area contributed by atoms with Gasteiger partial charge in [-0.2, -0.15) is 5.26 Å². The quantitative estimate of drug-likeness (QED) is 0.923. The molecule has 0 radical (unpaired) electrons. The van der Waals surface area contributed by atoms with Gasteiger partial charge in [-0.1, -0.05) is 0 Å². The standard InChI is InChI=1S/C16H21N3O2/c1-12(19-8-9-21-11-16(19,2)3)15(20)18-14-6-4-13(10-17)5-7-14/h4-7,12H,8-9,11H2,1-3H3,(H,18,20). The Kier molecular flexibility index (Phi) is 4.61. The molecule has 1 amide bonds. The van der Waals surface area contributed by atoms with Gasteiger partial charge in [0.25, 0.3) is 0 Å². The van der Waals surface area contributed by atoms with Crippen LogP contribution in [0.4, 0.5) is 5.69 Å². The maximum absolute atomic E-state index is 12.4. The van der Waals surface area contributed by atoms with Gasteiger partial charge in [0.1, 0.15) is 0 Å². The van der Waals surface area contributed by atoms with E-state index in [9.17, 15) is 4.79 Å². The van der Waals surface area contributed by atoms with Crippen molar-refractivity contribution in [2.75, 3.05) is 25.1 Å². The summed E-state index contributed by atoms with van der Waals surface area (Å²) in [6.07, 6.45) is 0. The first-order chi connectivity index (χ1) is 9.94. The van der Waals surface area contributed by atoms with E-state index in [-0.39, 0.29) is 17.5 Å². The molecule has 1 aliphatic rings. The van der Waals surface area contributed by atoms with Crippen molar-refractivity contribution in [1.82, 2.24) is 4.90 Å². The Labute approximate surface area is 125 Å². The molecule has 21 heavy (non-hydrogen) atoms. The van der Waals surface area contributed by atoms with Crippen LogP contribution in [0.25, 0.3) is 0 Å². The second kappa shape index (κ2) is 6.25. The monoisotopic (exact) mass is 287 g/mol. The summed E-state index contributed by atoms with van der Waals surface area (Å²) in [7, 11) is 0. The molecule has 5 nitrogen and oxygen atoms in total. The summed E-state index contributed by atoms with van der Waals surface area (Å²) in [5.41, 5.74) is 1.13. The number of hydrogen-bond donors (Lipinski definition) is 1. The van der Waals surface area contributed by atoms with E-state index in [0.717, 1.165) is 6.54 Å². The van der Waals surface area contributed by atoms with Gasteiger partial charge in [-0.25, -0.2) is 0 Å². The SMILES string of the molecule is CC(C(=O)Nc1ccc(C#N)cc1)N1CCOCC1(C)C. The highest BCUT2D eigenvalue weighted by atomic mass is 16.5. The third-order valence-electron chi connectivity index (χ3n) is 3.84. The van der Waals surface area contributed by atoms with Crippen molar-refractivity contribution in [3.05, 3.63) is 29.8 Å². The average molecular weight is 287 g/mol. The Morgan fingerprint density at radius 1 is 1.43 bits per heavy atom. The molecule has 1 heterocycles. The molecular weight excluding hydrogens is 266 g/mol. The van der Waals surface area contributed by atoms with Crippen LogP contribution in [0.5, 0.6) is 0 Å². The van der Waals surface area contributed by atoms with Crippen molar-refractivity contribution in [2.24, 2.45) is 0 Å². The van der Waals surface area contributed by atoms with Gasteiger partial charge in [0.2, 0.25) is 5.91 Å². The van der Waals surface area contributed by atoms with Crippen LogP contribution >= 0.6 is 0 Å². The number of carbonyl (C=O) groups excluding carboxylic acids is 1. The lowest BCUT2D eigenvalue weighted by Crippen LogP contribution is -2.59. The number of nitriles is 1. The predicted octanol–water partition coefficient (Wildman–Crippen LogP) is 2.00. The zero-order valence-corrected chi connectivity index (χ0v) is 12.7. The zero-order valence-electron chi connectivity index (χ0n) is 12.7. The minimum Gasteiger partial charge on any atom is -0.378 e. The minimum absolute atomic E-state index is 0.0466. The van der Waals surface area contributed by atoms with E-state index in [0.29, 0.717) is 24.5 Å². The van der Waals surface area contributed by atoms with E-state index in [1.807, 2.05) is 6.92 Å². The molecule has 0 aromatic heterocycles. The van der Waals surface area contributed by atoms with Gasteiger partial charge in [0.05, 0.1) is 30.9 Å². The third kappa shape index (κ3) is 3.60. The van der Waals surface area contributed by atoms with Gasteiger partial charge in [0.15, 0.2) is 0 Å². The van der Waals surface area contributed by atoms with Crippen molar-refractivity contribution < 1.29 is 9.53 Å². The maximum atomic E-state index is 12.4. The molecule has 0 bridgehead atoms. The Morgan fingerprint density at radius 3 is 2.67 bits per heavy atom. The summed E-state index contributed by atoms with van der Waals surface area (Å²) in [5.74, 6) is -0.0466. The van der Waals surface area contributed by atoms with Gasteiger partial charge in [0, 0.05) is 17.8 Å². The van der Waals surface area contributed by atoms with Crippen molar-refractivity contribution in [2.45, 2.75) is 32.4 Å². The van der Waals surface area contributed by atoms with Crippen LogP contribution in [0, 0.1) is 11.3 Å². The van der Waals surface area contributed by atoms with E-state index in [2.05, 4.69) is 30.1 Å². The van der Waals surface area contributed by atoms with Crippen molar-refractivity contribution in [1.29, 1.82) is 5.26 Å². The third-order valence-corrected chi connectivity index (χ3v) is 3.84.